The molecule has 0 bridgehead atoms. The summed E-state index contributed by atoms with van der Waals surface area (Å²) in [5.74, 6) is 0. The standard InChI is InChI=1S/C12H18N4S2/c1-4-13-11(17)15-16-12(18)14-10-8(2)6-5-7-9(10)3/h5-7H,4H2,1-3H3,(H2,13,15,17)(H2,14,16,18). The number of benzene rings is 1. The summed E-state index contributed by atoms with van der Waals surface area (Å²) in [7, 11) is 0. The number of hydrazine groups is 1. The van der Waals surface area contributed by atoms with E-state index >= 15 is 0 Å². The van der Waals surface area contributed by atoms with E-state index in [4.69, 9.17) is 24.4 Å². The highest BCUT2D eigenvalue weighted by Crippen LogP contribution is 2.18. The molecule has 1 rings (SSSR count). The van der Waals surface area contributed by atoms with Gasteiger partial charge in [-0.1, -0.05) is 18.2 Å². The van der Waals surface area contributed by atoms with Crippen molar-refractivity contribution in [2.75, 3.05) is 11.9 Å². The predicted molar refractivity (Wildman–Crippen MR) is 84.7 cm³/mol. The Morgan fingerprint density at radius 2 is 1.61 bits per heavy atom. The summed E-state index contributed by atoms with van der Waals surface area (Å²) >= 11 is 10.2. The lowest BCUT2D eigenvalue weighted by Crippen LogP contribution is -2.48. The molecule has 0 aliphatic heterocycles. The van der Waals surface area contributed by atoms with Crippen molar-refractivity contribution in [1.29, 1.82) is 0 Å². The molecule has 6 heteroatoms. The first-order valence-electron chi connectivity index (χ1n) is 5.71. The minimum absolute atomic E-state index is 0.479. The second kappa shape index (κ2) is 7.13. The molecule has 1 aromatic carbocycles. The van der Waals surface area contributed by atoms with Crippen molar-refractivity contribution in [2.24, 2.45) is 0 Å². The largest absolute Gasteiger partial charge is 0.362 e. The molecule has 0 amide bonds. The van der Waals surface area contributed by atoms with E-state index in [-0.39, 0.29) is 0 Å². The highest BCUT2D eigenvalue weighted by Gasteiger charge is 2.04. The Morgan fingerprint density at radius 3 is 2.17 bits per heavy atom. The van der Waals surface area contributed by atoms with E-state index in [2.05, 4.69) is 21.5 Å². The average molecular weight is 282 g/mol. The van der Waals surface area contributed by atoms with Gasteiger partial charge in [0.1, 0.15) is 0 Å². The van der Waals surface area contributed by atoms with E-state index in [1.165, 1.54) is 0 Å². The van der Waals surface area contributed by atoms with Gasteiger partial charge in [0, 0.05) is 12.2 Å². The molecule has 0 fully saturated rings. The molecule has 4 N–H and O–H groups in total. The number of anilines is 1. The fraction of sp³-hybridized carbons (Fsp3) is 0.333. The zero-order valence-corrected chi connectivity index (χ0v) is 12.4. The van der Waals surface area contributed by atoms with Crippen LogP contribution < -0.4 is 21.5 Å². The molecule has 0 saturated carbocycles. The van der Waals surface area contributed by atoms with Gasteiger partial charge < -0.3 is 10.6 Å². The van der Waals surface area contributed by atoms with Crippen LogP contribution in [0.4, 0.5) is 5.69 Å². The van der Waals surface area contributed by atoms with Crippen LogP contribution in [0.1, 0.15) is 18.1 Å². The van der Waals surface area contributed by atoms with Gasteiger partial charge in [0.15, 0.2) is 10.2 Å². The normalized spacial score (nSPS) is 9.50. The van der Waals surface area contributed by atoms with Gasteiger partial charge in [-0.2, -0.15) is 0 Å². The van der Waals surface area contributed by atoms with Crippen molar-refractivity contribution in [2.45, 2.75) is 20.8 Å². The number of para-hydroxylation sites is 1. The lowest BCUT2D eigenvalue weighted by Gasteiger charge is -2.16. The molecule has 0 heterocycles. The number of hydrogen-bond acceptors (Lipinski definition) is 2. The summed E-state index contributed by atoms with van der Waals surface area (Å²) < 4.78 is 0. The maximum Gasteiger partial charge on any atom is 0.189 e. The summed E-state index contributed by atoms with van der Waals surface area (Å²) in [6.45, 7) is 6.81. The van der Waals surface area contributed by atoms with Crippen LogP contribution in [0.25, 0.3) is 0 Å². The van der Waals surface area contributed by atoms with E-state index in [0.717, 1.165) is 23.4 Å². The third-order valence-electron chi connectivity index (χ3n) is 2.35. The molecule has 4 nitrogen and oxygen atoms in total. The summed E-state index contributed by atoms with van der Waals surface area (Å²) in [6, 6.07) is 6.09. The van der Waals surface area contributed by atoms with E-state index < -0.39 is 0 Å². The van der Waals surface area contributed by atoms with Crippen molar-refractivity contribution in [1.82, 2.24) is 16.2 Å². The van der Waals surface area contributed by atoms with E-state index in [1.54, 1.807) is 0 Å². The van der Waals surface area contributed by atoms with Crippen LogP contribution in [0.5, 0.6) is 0 Å². The Balaban J connectivity index is 2.52. The Morgan fingerprint density at radius 1 is 1.06 bits per heavy atom. The van der Waals surface area contributed by atoms with Crippen LogP contribution in [0, 0.1) is 13.8 Å². The molecule has 18 heavy (non-hydrogen) atoms. The molecular formula is C12H18N4S2. The van der Waals surface area contributed by atoms with Gasteiger partial charge in [0.05, 0.1) is 0 Å². The Bertz CT molecular complexity index is 425. The fourth-order valence-corrected chi connectivity index (χ4v) is 1.82. The minimum atomic E-state index is 0.479. The van der Waals surface area contributed by atoms with E-state index in [0.29, 0.717) is 10.2 Å². The number of nitrogens with one attached hydrogen (secondary N) is 4. The second-order valence-electron chi connectivity index (χ2n) is 3.83. The lowest BCUT2D eigenvalue weighted by molar-refractivity contribution is 0.825. The number of hydrogen-bond donors (Lipinski definition) is 4. The molecule has 0 aliphatic rings. The minimum Gasteiger partial charge on any atom is -0.362 e. The third-order valence-corrected chi connectivity index (χ3v) is 2.80. The first kappa shape index (κ1) is 14.7. The summed E-state index contributed by atoms with van der Waals surface area (Å²) in [6.07, 6.45) is 0. The lowest BCUT2D eigenvalue weighted by atomic mass is 10.1. The van der Waals surface area contributed by atoms with Gasteiger partial charge in [0.2, 0.25) is 0 Å². The summed E-state index contributed by atoms with van der Waals surface area (Å²) in [5, 5.41) is 7.10. The summed E-state index contributed by atoms with van der Waals surface area (Å²) in [5.41, 5.74) is 8.96. The topological polar surface area (TPSA) is 48.1 Å². The van der Waals surface area contributed by atoms with Gasteiger partial charge in [0.25, 0.3) is 0 Å². The zero-order valence-electron chi connectivity index (χ0n) is 10.8. The number of thiocarbonyl (C=S) groups is 2. The Labute approximate surface area is 119 Å². The first-order valence-corrected chi connectivity index (χ1v) is 6.53. The first-order chi connectivity index (χ1) is 8.54. The van der Waals surface area contributed by atoms with Crippen LogP contribution in [0.15, 0.2) is 18.2 Å². The molecule has 0 spiro atoms. The van der Waals surface area contributed by atoms with E-state index in [9.17, 15) is 0 Å². The maximum absolute atomic E-state index is 5.19. The predicted octanol–water partition coefficient (Wildman–Crippen LogP) is 1.99. The Hall–Kier alpha value is -1.40. The fourth-order valence-electron chi connectivity index (χ4n) is 1.47. The molecule has 98 valence electrons. The van der Waals surface area contributed by atoms with Crippen molar-refractivity contribution in [3.63, 3.8) is 0 Å². The molecule has 0 aromatic heterocycles. The molecule has 0 saturated heterocycles. The highest BCUT2D eigenvalue weighted by atomic mass is 32.1. The van der Waals surface area contributed by atoms with Crippen LogP contribution in [0.3, 0.4) is 0 Å². The van der Waals surface area contributed by atoms with Gasteiger partial charge in [-0.05, 0) is 56.3 Å². The SMILES string of the molecule is CCNC(=S)NNC(=S)Nc1c(C)cccc1C. The van der Waals surface area contributed by atoms with Crippen molar-refractivity contribution >= 4 is 40.3 Å². The van der Waals surface area contributed by atoms with Crippen molar-refractivity contribution < 1.29 is 0 Å². The molecule has 0 radical (unpaired) electrons. The Kier molecular flexibility index (Phi) is 5.80. The van der Waals surface area contributed by atoms with Crippen molar-refractivity contribution in [3.8, 4) is 0 Å². The molecular weight excluding hydrogens is 264 g/mol. The zero-order chi connectivity index (χ0) is 13.5. The van der Waals surface area contributed by atoms with Gasteiger partial charge in [-0.25, -0.2) is 0 Å². The average Bonchev–Trinajstić information content (AvgIpc) is 2.32. The van der Waals surface area contributed by atoms with Crippen LogP contribution in [0.2, 0.25) is 0 Å². The maximum atomic E-state index is 5.19. The van der Waals surface area contributed by atoms with Gasteiger partial charge >= 0.3 is 0 Å². The van der Waals surface area contributed by atoms with Crippen LogP contribution >= 0.6 is 24.4 Å². The third kappa shape index (κ3) is 4.46. The monoisotopic (exact) mass is 282 g/mol. The molecule has 1 aromatic rings. The van der Waals surface area contributed by atoms with Crippen LogP contribution in [-0.2, 0) is 0 Å². The van der Waals surface area contributed by atoms with Gasteiger partial charge in [-0.3, -0.25) is 10.9 Å². The molecule has 0 aliphatic carbocycles. The smallest absolute Gasteiger partial charge is 0.189 e. The van der Waals surface area contributed by atoms with Gasteiger partial charge in [-0.15, -0.1) is 0 Å². The highest BCUT2D eigenvalue weighted by molar-refractivity contribution is 7.80. The summed E-state index contributed by atoms with van der Waals surface area (Å²) in [4.78, 5) is 0. The number of rotatable bonds is 2. The van der Waals surface area contributed by atoms with E-state index in [1.807, 2.05) is 39.0 Å². The quantitative estimate of drug-likeness (QED) is 0.492. The van der Waals surface area contributed by atoms with Crippen molar-refractivity contribution in [3.05, 3.63) is 29.3 Å². The molecule has 0 unspecified atom stereocenters. The second-order valence-corrected chi connectivity index (χ2v) is 4.65. The number of aryl methyl sites for hydroxylation is 2. The van der Waals surface area contributed by atoms with Crippen LogP contribution in [-0.4, -0.2) is 16.8 Å². The molecule has 0 atom stereocenters.